The minimum absolute atomic E-state index is 0.124. The van der Waals surface area contributed by atoms with Gasteiger partial charge < -0.3 is 10.0 Å². The Hall–Kier alpha value is -1.44. The number of rotatable bonds is 7. The predicted octanol–water partition coefficient (Wildman–Crippen LogP) is 0.932. The molecule has 1 rings (SSSR count). The van der Waals surface area contributed by atoms with Crippen LogP contribution in [-0.4, -0.2) is 50.6 Å². The first-order chi connectivity index (χ1) is 9.54. The zero-order chi connectivity index (χ0) is 16.3. The number of aliphatic carboxylic acids is 1. The van der Waals surface area contributed by atoms with E-state index < -0.39 is 16.0 Å². The average molecular weight is 314 g/mol. The van der Waals surface area contributed by atoms with Crippen LogP contribution in [0.5, 0.6) is 0 Å². The summed E-state index contributed by atoms with van der Waals surface area (Å²) in [5.74, 6) is -0.948. The van der Waals surface area contributed by atoms with Gasteiger partial charge in [0.25, 0.3) is 0 Å². The number of carboxylic acids is 1. The SMILES string of the molecule is CN(C)C(C)(C)CNS(=O)(=O)c1ccc(CC(=O)O)cc1. The summed E-state index contributed by atoms with van der Waals surface area (Å²) < 4.78 is 26.9. The summed E-state index contributed by atoms with van der Waals surface area (Å²) in [5, 5.41) is 8.69. The van der Waals surface area contributed by atoms with Crippen LogP contribution in [0.25, 0.3) is 0 Å². The maximum absolute atomic E-state index is 12.2. The summed E-state index contributed by atoms with van der Waals surface area (Å²) in [6.07, 6.45) is -0.124. The van der Waals surface area contributed by atoms with Gasteiger partial charge in [0.1, 0.15) is 0 Å². The van der Waals surface area contributed by atoms with Gasteiger partial charge in [-0.1, -0.05) is 12.1 Å². The van der Waals surface area contributed by atoms with E-state index in [4.69, 9.17) is 5.11 Å². The zero-order valence-corrected chi connectivity index (χ0v) is 13.6. The molecule has 0 unspecified atom stereocenters. The summed E-state index contributed by atoms with van der Waals surface area (Å²) in [6.45, 7) is 4.15. The Morgan fingerprint density at radius 1 is 1.24 bits per heavy atom. The molecule has 0 aliphatic heterocycles. The van der Waals surface area contributed by atoms with E-state index in [1.54, 1.807) is 0 Å². The molecule has 0 fully saturated rings. The van der Waals surface area contributed by atoms with E-state index in [0.717, 1.165) is 0 Å². The summed E-state index contributed by atoms with van der Waals surface area (Å²) in [6, 6.07) is 5.87. The van der Waals surface area contributed by atoms with Gasteiger partial charge in [-0.15, -0.1) is 0 Å². The lowest BCUT2D eigenvalue weighted by Crippen LogP contribution is -2.48. The van der Waals surface area contributed by atoms with Crippen molar-refractivity contribution in [3.8, 4) is 0 Å². The fraction of sp³-hybridized carbons (Fsp3) is 0.500. The third kappa shape index (κ3) is 5.11. The average Bonchev–Trinajstić information content (AvgIpc) is 2.36. The zero-order valence-electron chi connectivity index (χ0n) is 12.8. The van der Waals surface area contributed by atoms with Crippen molar-refractivity contribution in [3.05, 3.63) is 29.8 Å². The molecule has 0 radical (unpaired) electrons. The number of carbonyl (C=O) groups is 1. The van der Waals surface area contributed by atoms with Crippen LogP contribution in [0.3, 0.4) is 0 Å². The molecule has 2 N–H and O–H groups in total. The van der Waals surface area contributed by atoms with Crippen molar-refractivity contribution in [2.45, 2.75) is 30.7 Å². The highest BCUT2D eigenvalue weighted by atomic mass is 32.2. The maximum Gasteiger partial charge on any atom is 0.307 e. The molecular formula is C14H22N2O4S. The normalized spacial score (nSPS) is 12.6. The van der Waals surface area contributed by atoms with Gasteiger partial charge in [-0.25, -0.2) is 13.1 Å². The second-order valence-corrected chi connectivity index (χ2v) is 7.51. The quantitative estimate of drug-likeness (QED) is 0.782. The van der Waals surface area contributed by atoms with Crippen molar-refractivity contribution in [2.75, 3.05) is 20.6 Å². The third-order valence-electron chi connectivity index (χ3n) is 3.49. The molecule has 0 aliphatic rings. The molecule has 0 aromatic heterocycles. The molecule has 0 bridgehead atoms. The van der Waals surface area contributed by atoms with Gasteiger partial charge >= 0.3 is 5.97 Å². The molecule has 0 spiro atoms. The molecule has 0 amide bonds. The molecule has 1 aromatic rings. The third-order valence-corrected chi connectivity index (χ3v) is 4.91. The second kappa shape index (κ2) is 6.55. The Kier molecular flexibility index (Phi) is 5.49. The molecule has 0 saturated heterocycles. The van der Waals surface area contributed by atoms with Gasteiger partial charge in [0.15, 0.2) is 0 Å². The lowest BCUT2D eigenvalue weighted by molar-refractivity contribution is -0.136. The van der Waals surface area contributed by atoms with Crippen molar-refractivity contribution in [2.24, 2.45) is 0 Å². The lowest BCUT2D eigenvalue weighted by atomic mass is 10.1. The molecule has 0 atom stereocenters. The maximum atomic E-state index is 12.2. The van der Waals surface area contributed by atoms with E-state index in [-0.39, 0.29) is 23.4 Å². The van der Waals surface area contributed by atoms with E-state index in [2.05, 4.69) is 4.72 Å². The van der Waals surface area contributed by atoms with Crippen molar-refractivity contribution in [3.63, 3.8) is 0 Å². The van der Waals surface area contributed by atoms with E-state index in [1.165, 1.54) is 24.3 Å². The number of nitrogens with one attached hydrogen (secondary N) is 1. The topological polar surface area (TPSA) is 86.7 Å². The van der Waals surface area contributed by atoms with Crippen LogP contribution in [0.15, 0.2) is 29.2 Å². The first-order valence-corrected chi connectivity index (χ1v) is 8.01. The molecule has 118 valence electrons. The van der Waals surface area contributed by atoms with Crippen LogP contribution in [-0.2, 0) is 21.2 Å². The Labute approximate surface area is 125 Å². The minimum atomic E-state index is -3.60. The van der Waals surface area contributed by atoms with Gasteiger partial charge in [0.2, 0.25) is 10.0 Å². The van der Waals surface area contributed by atoms with Crippen LogP contribution in [0.2, 0.25) is 0 Å². The number of hydrogen-bond acceptors (Lipinski definition) is 4. The van der Waals surface area contributed by atoms with Crippen LogP contribution in [0, 0.1) is 0 Å². The summed E-state index contributed by atoms with van der Waals surface area (Å²) in [4.78, 5) is 12.7. The standard InChI is InChI=1S/C14H22N2O4S/c1-14(2,16(3)4)10-15-21(19,20)12-7-5-11(6-8-12)9-13(17)18/h5-8,15H,9-10H2,1-4H3,(H,17,18). The molecule has 6 nitrogen and oxygen atoms in total. The number of nitrogens with zero attached hydrogens (tertiary/aromatic N) is 1. The van der Waals surface area contributed by atoms with E-state index in [9.17, 15) is 13.2 Å². The molecule has 0 saturated carbocycles. The number of likely N-dealkylation sites (N-methyl/N-ethyl adjacent to an activating group) is 1. The van der Waals surface area contributed by atoms with Crippen molar-refractivity contribution in [1.82, 2.24) is 9.62 Å². The Morgan fingerprint density at radius 3 is 2.19 bits per heavy atom. The van der Waals surface area contributed by atoms with Gasteiger partial charge in [-0.05, 0) is 45.6 Å². The van der Waals surface area contributed by atoms with Gasteiger partial charge in [-0.3, -0.25) is 4.79 Å². The summed E-state index contributed by atoms with van der Waals surface area (Å²) >= 11 is 0. The fourth-order valence-corrected chi connectivity index (χ4v) is 2.68. The van der Waals surface area contributed by atoms with Crippen LogP contribution in [0.1, 0.15) is 19.4 Å². The van der Waals surface area contributed by atoms with Crippen LogP contribution >= 0.6 is 0 Å². The fourth-order valence-electron chi connectivity index (χ4n) is 1.47. The summed E-state index contributed by atoms with van der Waals surface area (Å²) in [7, 11) is 0.172. The molecule has 0 heterocycles. The van der Waals surface area contributed by atoms with Gasteiger partial charge in [0, 0.05) is 12.1 Å². The molecule has 1 aromatic carbocycles. The first-order valence-electron chi connectivity index (χ1n) is 6.52. The molecule has 21 heavy (non-hydrogen) atoms. The van der Waals surface area contributed by atoms with Crippen molar-refractivity contribution in [1.29, 1.82) is 0 Å². The Morgan fingerprint density at radius 2 is 1.76 bits per heavy atom. The Balaban J connectivity index is 2.81. The van der Waals surface area contributed by atoms with Crippen molar-refractivity contribution >= 4 is 16.0 Å². The smallest absolute Gasteiger partial charge is 0.307 e. The van der Waals surface area contributed by atoms with Crippen LogP contribution in [0.4, 0.5) is 0 Å². The molecular weight excluding hydrogens is 292 g/mol. The van der Waals surface area contributed by atoms with Gasteiger partial charge in [0.05, 0.1) is 11.3 Å². The Bertz CT molecular complexity index is 592. The monoisotopic (exact) mass is 314 g/mol. The summed E-state index contributed by atoms with van der Waals surface area (Å²) in [5.41, 5.74) is 0.256. The van der Waals surface area contributed by atoms with Crippen LogP contribution < -0.4 is 4.72 Å². The van der Waals surface area contributed by atoms with Crippen molar-refractivity contribution < 1.29 is 18.3 Å². The molecule has 7 heteroatoms. The highest BCUT2D eigenvalue weighted by molar-refractivity contribution is 7.89. The lowest BCUT2D eigenvalue weighted by Gasteiger charge is -2.32. The number of sulfonamides is 1. The van der Waals surface area contributed by atoms with Gasteiger partial charge in [-0.2, -0.15) is 0 Å². The number of hydrogen-bond donors (Lipinski definition) is 2. The largest absolute Gasteiger partial charge is 0.481 e. The highest BCUT2D eigenvalue weighted by Crippen LogP contribution is 2.13. The number of benzene rings is 1. The van der Waals surface area contributed by atoms with E-state index in [0.29, 0.717) is 5.56 Å². The number of carboxylic acid groups (broad SMARTS) is 1. The first kappa shape index (κ1) is 17.6. The van der Waals surface area contributed by atoms with E-state index >= 15 is 0 Å². The highest BCUT2D eigenvalue weighted by Gasteiger charge is 2.24. The molecule has 0 aliphatic carbocycles. The predicted molar refractivity (Wildman–Crippen MR) is 80.7 cm³/mol. The second-order valence-electron chi connectivity index (χ2n) is 5.75. The minimum Gasteiger partial charge on any atom is -0.481 e. The van der Waals surface area contributed by atoms with E-state index in [1.807, 2.05) is 32.8 Å².